The van der Waals surface area contributed by atoms with Crippen LogP contribution in [0.1, 0.15) is 0 Å². The van der Waals surface area contributed by atoms with Crippen LogP contribution in [-0.4, -0.2) is 49.5 Å². The normalized spacial score (nSPS) is 16.6. The number of β-amino-alcohol motifs (C(OH)–C–C–N with tert-alkyl or cyclic N) is 1. The monoisotopic (exact) mass is 238 g/mol. The van der Waals surface area contributed by atoms with E-state index in [-0.39, 0.29) is 12.7 Å². The summed E-state index contributed by atoms with van der Waals surface area (Å²) in [6.07, 6.45) is 0.190. The zero-order chi connectivity index (χ0) is 12.3. The second-order valence-electron chi connectivity index (χ2n) is 4.13. The summed E-state index contributed by atoms with van der Waals surface area (Å²) in [4.78, 5) is 2.14. The third-order valence-electron chi connectivity index (χ3n) is 2.85. The fourth-order valence-electron chi connectivity index (χ4n) is 1.88. The van der Waals surface area contributed by atoms with E-state index in [4.69, 9.17) is 20.3 Å². The van der Waals surface area contributed by atoms with Gasteiger partial charge in [0.25, 0.3) is 0 Å². The number of hydrogen-bond acceptors (Lipinski definition) is 5. The van der Waals surface area contributed by atoms with Crippen LogP contribution in [0.4, 0.5) is 5.69 Å². The summed E-state index contributed by atoms with van der Waals surface area (Å²) >= 11 is 0. The summed E-state index contributed by atoms with van der Waals surface area (Å²) in [6.45, 7) is 2.62. The molecule has 0 atom stereocenters. The van der Waals surface area contributed by atoms with E-state index >= 15 is 0 Å². The lowest BCUT2D eigenvalue weighted by Gasteiger charge is -2.38. The molecule has 2 rings (SSSR count). The van der Waals surface area contributed by atoms with Crippen molar-refractivity contribution in [2.45, 2.75) is 6.10 Å². The van der Waals surface area contributed by atoms with Gasteiger partial charge in [0.1, 0.15) is 17.6 Å². The van der Waals surface area contributed by atoms with Crippen LogP contribution in [0.3, 0.4) is 0 Å². The average Bonchev–Trinajstić information content (AvgIpc) is 2.28. The predicted molar refractivity (Wildman–Crippen MR) is 65.3 cm³/mol. The lowest BCUT2D eigenvalue weighted by molar-refractivity contribution is 0.0106. The molecule has 3 N–H and O–H groups in total. The van der Waals surface area contributed by atoms with Gasteiger partial charge in [-0.25, -0.2) is 0 Å². The maximum Gasteiger partial charge on any atom is 0.145 e. The van der Waals surface area contributed by atoms with Gasteiger partial charge in [0.2, 0.25) is 0 Å². The van der Waals surface area contributed by atoms with Crippen LogP contribution >= 0.6 is 0 Å². The molecule has 17 heavy (non-hydrogen) atoms. The first-order valence-corrected chi connectivity index (χ1v) is 5.66. The van der Waals surface area contributed by atoms with E-state index in [9.17, 15) is 0 Å². The fourth-order valence-corrected chi connectivity index (χ4v) is 1.88. The molecule has 0 radical (unpaired) electrons. The maximum absolute atomic E-state index is 8.76. The van der Waals surface area contributed by atoms with Gasteiger partial charge in [-0.3, -0.25) is 4.90 Å². The summed E-state index contributed by atoms with van der Waals surface area (Å²) in [6, 6.07) is 5.41. The van der Waals surface area contributed by atoms with E-state index in [1.165, 1.54) is 0 Å². The lowest BCUT2D eigenvalue weighted by atomic mass is 10.1. The summed E-state index contributed by atoms with van der Waals surface area (Å²) in [5.74, 6) is 1.40. The first kappa shape index (κ1) is 12.0. The summed E-state index contributed by atoms with van der Waals surface area (Å²) < 4.78 is 10.9. The highest BCUT2D eigenvalue weighted by Gasteiger charge is 2.27. The third-order valence-corrected chi connectivity index (χ3v) is 2.85. The van der Waals surface area contributed by atoms with Crippen LogP contribution in [-0.2, 0) is 0 Å². The fraction of sp³-hybridized carbons (Fsp3) is 0.500. The maximum atomic E-state index is 8.76. The molecule has 0 bridgehead atoms. The number of methoxy groups -OCH3 is 1. The Morgan fingerprint density at radius 3 is 2.88 bits per heavy atom. The van der Waals surface area contributed by atoms with Crippen LogP contribution < -0.4 is 15.2 Å². The number of nitrogens with two attached hydrogens (primary N) is 1. The van der Waals surface area contributed by atoms with Crippen LogP contribution in [0.25, 0.3) is 0 Å². The molecule has 1 saturated heterocycles. The molecule has 1 aliphatic rings. The molecule has 1 fully saturated rings. The lowest BCUT2D eigenvalue weighted by Crippen LogP contribution is -2.54. The molecule has 0 spiro atoms. The van der Waals surface area contributed by atoms with Crippen molar-refractivity contribution >= 4 is 5.69 Å². The Bertz CT molecular complexity index is 378. The number of anilines is 1. The van der Waals surface area contributed by atoms with Crippen molar-refractivity contribution in [1.82, 2.24) is 4.90 Å². The second-order valence-corrected chi connectivity index (χ2v) is 4.13. The smallest absolute Gasteiger partial charge is 0.145 e. The second kappa shape index (κ2) is 5.25. The van der Waals surface area contributed by atoms with E-state index < -0.39 is 0 Å². The first-order valence-electron chi connectivity index (χ1n) is 5.66. The Morgan fingerprint density at radius 2 is 2.24 bits per heavy atom. The van der Waals surface area contributed by atoms with Crippen LogP contribution in [0.5, 0.6) is 11.5 Å². The zero-order valence-electron chi connectivity index (χ0n) is 9.93. The quantitative estimate of drug-likeness (QED) is 0.724. The van der Waals surface area contributed by atoms with Crippen LogP contribution in [0, 0.1) is 0 Å². The first-order chi connectivity index (χ1) is 8.22. The minimum Gasteiger partial charge on any atom is -0.494 e. The average molecular weight is 238 g/mol. The van der Waals surface area contributed by atoms with Crippen molar-refractivity contribution in [1.29, 1.82) is 0 Å². The number of nitrogen functional groups attached to an aromatic ring is 1. The van der Waals surface area contributed by atoms with Gasteiger partial charge in [-0.05, 0) is 12.1 Å². The van der Waals surface area contributed by atoms with Gasteiger partial charge in [0.15, 0.2) is 0 Å². The largest absolute Gasteiger partial charge is 0.494 e. The van der Waals surface area contributed by atoms with Crippen molar-refractivity contribution in [3.63, 3.8) is 0 Å². The number of likely N-dealkylation sites (tertiary alicyclic amines) is 1. The molecular weight excluding hydrogens is 220 g/mol. The third kappa shape index (κ3) is 2.81. The molecule has 0 saturated carbocycles. The standard InChI is InChI=1S/C12H18N2O3/c1-16-12-6-9(2-3-11(12)13)17-10-7-14(8-10)4-5-15/h2-3,6,10,15H,4-5,7-8,13H2,1H3. The molecular formula is C12H18N2O3. The van der Waals surface area contributed by atoms with Gasteiger partial charge in [-0.2, -0.15) is 0 Å². The van der Waals surface area contributed by atoms with E-state index in [2.05, 4.69) is 4.90 Å². The van der Waals surface area contributed by atoms with Crippen molar-refractivity contribution in [3.8, 4) is 11.5 Å². The number of benzene rings is 1. The van der Waals surface area contributed by atoms with Crippen LogP contribution in [0.15, 0.2) is 18.2 Å². The van der Waals surface area contributed by atoms with Gasteiger partial charge in [-0.1, -0.05) is 0 Å². The molecule has 0 aliphatic carbocycles. The number of ether oxygens (including phenoxy) is 2. The SMILES string of the molecule is COc1cc(OC2CN(CCO)C2)ccc1N. The number of aliphatic hydroxyl groups is 1. The number of rotatable bonds is 5. The molecule has 5 heteroatoms. The van der Waals surface area contributed by atoms with Crippen molar-refractivity contribution in [2.75, 3.05) is 39.1 Å². The van der Waals surface area contributed by atoms with Gasteiger partial charge in [0, 0.05) is 25.7 Å². The van der Waals surface area contributed by atoms with E-state index in [0.717, 1.165) is 18.8 Å². The highest BCUT2D eigenvalue weighted by Crippen LogP contribution is 2.28. The predicted octanol–water partition coefficient (Wildman–Crippen LogP) is 0.333. The molecule has 1 aromatic rings. The number of nitrogens with zero attached hydrogens (tertiary/aromatic N) is 1. The van der Waals surface area contributed by atoms with Crippen molar-refractivity contribution in [2.24, 2.45) is 0 Å². The summed E-state index contributed by atoms with van der Waals surface area (Å²) in [5, 5.41) is 8.76. The molecule has 1 aliphatic heterocycles. The van der Waals surface area contributed by atoms with Gasteiger partial charge in [-0.15, -0.1) is 0 Å². The Kier molecular flexibility index (Phi) is 3.71. The minimum atomic E-state index is 0.190. The Morgan fingerprint density at radius 1 is 1.47 bits per heavy atom. The minimum absolute atomic E-state index is 0.190. The Labute approximate surface area is 101 Å². The molecule has 0 amide bonds. The highest BCUT2D eigenvalue weighted by atomic mass is 16.5. The van der Waals surface area contributed by atoms with Crippen LogP contribution in [0.2, 0.25) is 0 Å². The van der Waals surface area contributed by atoms with Crippen molar-refractivity contribution in [3.05, 3.63) is 18.2 Å². The molecule has 1 aromatic carbocycles. The van der Waals surface area contributed by atoms with E-state index in [1.54, 1.807) is 19.2 Å². The molecule has 0 aromatic heterocycles. The highest BCUT2D eigenvalue weighted by molar-refractivity contribution is 5.55. The number of aliphatic hydroxyl groups excluding tert-OH is 1. The summed E-state index contributed by atoms with van der Waals surface area (Å²) in [7, 11) is 1.59. The van der Waals surface area contributed by atoms with E-state index in [0.29, 0.717) is 18.0 Å². The Hall–Kier alpha value is -1.46. The molecule has 1 heterocycles. The van der Waals surface area contributed by atoms with E-state index in [1.807, 2.05) is 6.07 Å². The molecule has 94 valence electrons. The van der Waals surface area contributed by atoms with Gasteiger partial charge in [0.05, 0.1) is 19.4 Å². The topological polar surface area (TPSA) is 68.0 Å². The van der Waals surface area contributed by atoms with Crippen molar-refractivity contribution < 1.29 is 14.6 Å². The zero-order valence-corrected chi connectivity index (χ0v) is 9.93. The van der Waals surface area contributed by atoms with Gasteiger partial charge < -0.3 is 20.3 Å². The van der Waals surface area contributed by atoms with Gasteiger partial charge >= 0.3 is 0 Å². The number of hydrogen-bond donors (Lipinski definition) is 2. The summed E-state index contributed by atoms with van der Waals surface area (Å²) in [5.41, 5.74) is 6.33. The molecule has 0 unspecified atom stereocenters. The molecule has 5 nitrogen and oxygen atoms in total. The Balaban J connectivity index is 1.88.